The quantitative estimate of drug-likeness (QED) is 0.227. The fraction of sp³-hybridized carbons (Fsp3) is 0.385. The zero-order valence-corrected chi connectivity index (χ0v) is 17.3. The van der Waals surface area contributed by atoms with Crippen LogP contribution in [0.5, 0.6) is 0 Å². The van der Waals surface area contributed by atoms with Gasteiger partial charge in [-0.25, -0.2) is 0 Å². The van der Waals surface area contributed by atoms with Crippen molar-refractivity contribution >= 4 is 85.3 Å². The first-order valence-electron chi connectivity index (χ1n) is 5.95. The summed E-state index contributed by atoms with van der Waals surface area (Å²) in [5.41, 5.74) is 0.817. The largest absolute Gasteiger partial charge is 0.469 e. The number of halogens is 3. The van der Waals surface area contributed by atoms with Crippen molar-refractivity contribution in [3.8, 4) is 0 Å². The minimum atomic E-state index is -0.229. The molecular weight excluding hydrogens is 599 g/mol. The number of methoxy groups -OCH3 is 1. The molecule has 110 valence electrons. The molecule has 0 unspecified atom stereocenters. The first kappa shape index (κ1) is 18.4. The van der Waals surface area contributed by atoms with E-state index in [1.807, 2.05) is 12.1 Å². The van der Waals surface area contributed by atoms with Gasteiger partial charge in [-0.05, 0) is 92.7 Å². The molecule has 0 fully saturated rings. The van der Waals surface area contributed by atoms with Gasteiger partial charge in [-0.15, -0.1) is 0 Å². The van der Waals surface area contributed by atoms with E-state index in [0.29, 0.717) is 25.7 Å². The molecule has 1 amide bonds. The first-order chi connectivity index (χ1) is 9.43. The smallest absolute Gasteiger partial charge is 0.305 e. The van der Waals surface area contributed by atoms with E-state index in [1.54, 1.807) is 0 Å². The summed E-state index contributed by atoms with van der Waals surface area (Å²) in [5.74, 6) is -0.255. The van der Waals surface area contributed by atoms with Crippen LogP contribution in [0.3, 0.4) is 0 Å². The summed E-state index contributed by atoms with van der Waals surface area (Å²) < 4.78 is 7.99. The van der Waals surface area contributed by atoms with Crippen LogP contribution < -0.4 is 5.32 Å². The normalized spacial score (nSPS) is 10.2. The number of benzene rings is 1. The Morgan fingerprint density at radius 2 is 1.65 bits per heavy atom. The van der Waals surface area contributed by atoms with Crippen LogP contribution in [0.4, 0.5) is 5.69 Å². The summed E-state index contributed by atoms with van der Waals surface area (Å²) in [4.78, 5) is 22.7. The summed E-state index contributed by atoms with van der Waals surface area (Å²) in [7, 11) is 1.37. The number of amides is 1. The van der Waals surface area contributed by atoms with Crippen LogP contribution in [-0.4, -0.2) is 19.0 Å². The number of hydrogen-bond acceptors (Lipinski definition) is 3. The standard InChI is InChI=1S/C13H14I3NO3/c1-20-12(19)5-3-2-4-11(18)17-8-6-9(14)13(16)10(15)7-8/h6-7H,2-5H2,1H3,(H,17,18). The Hall–Kier alpha value is 0.350. The van der Waals surface area contributed by atoms with E-state index in [0.717, 1.165) is 12.8 Å². The highest BCUT2D eigenvalue weighted by Gasteiger charge is 2.08. The third-order valence-corrected chi connectivity index (χ3v) is 7.46. The SMILES string of the molecule is COC(=O)CCCCC(=O)Nc1cc(I)c(I)c(I)c1. The van der Waals surface area contributed by atoms with E-state index in [9.17, 15) is 9.59 Å². The molecule has 0 aromatic heterocycles. The summed E-state index contributed by atoms with van der Waals surface area (Å²) in [6.07, 6.45) is 2.13. The van der Waals surface area contributed by atoms with Gasteiger partial charge in [0.25, 0.3) is 0 Å². The van der Waals surface area contributed by atoms with Gasteiger partial charge in [0.2, 0.25) is 5.91 Å². The predicted molar refractivity (Wildman–Crippen MR) is 104 cm³/mol. The Labute approximate surface area is 159 Å². The van der Waals surface area contributed by atoms with E-state index in [-0.39, 0.29) is 11.9 Å². The molecule has 0 saturated carbocycles. The van der Waals surface area contributed by atoms with Crippen molar-refractivity contribution in [2.45, 2.75) is 25.7 Å². The summed E-state index contributed by atoms with van der Waals surface area (Å²) >= 11 is 6.79. The van der Waals surface area contributed by atoms with Gasteiger partial charge >= 0.3 is 5.97 Å². The summed E-state index contributed by atoms with van der Waals surface area (Å²) in [5, 5.41) is 2.88. The molecule has 1 rings (SSSR count). The number of esters is 1. The fourth-order valence-electron chi connectivity index (χ4n) is 1.51. The second-order valence-electron chi connectivity index (χ2n) is 4.09. The lowest BCUT2D eigenvalue weighted by molar-refractivity contribution is -0.140. The second-order valence-corrected chi connectivity index (χ2v) is 7.49. The van der Waals surface area contributed by atoms with Crippen molar-refractivity contribution in [1.29, 1.82) is 0 Å². The van der Waals surface area contributed by atoms with Gasteiger partial charge < -0.3 is 10.1 Å². The average molecular weight is 613 g/mol. The molecule has 0 aliphatic heterocycles. The number of carbonyl (C=O) groups is 2. The van der Waals surface area contributed by atoms with Crippen LogP contribution >= 0.6 is 67.8 Å². The molecule has 1 aromatic rings. The second kappa shape index (κ2) is 9.38. The van der Waals surface area contributed by atoms with E-state index >= 15 is 0 Å². The van der Waals surface area contributed by atoms with Crippen molar-refractivity contribution in [1.82, 2.24) is 0 Å². The lowest BCUT2D eigenvalue weighted by Crippen LogP contribution is -2.12. The number of ether oxygens (including phenoxy) is 1. The zero-order chi connectivity index (χ0) is 15.1. The Morgan fingerprint density at radius 1 is 1.10 bits per heavy atom. The van der Waals surface area contributed by atoms with Crippen molar-refractivity contribution < 1.29 is 14.3 Å². The van der Waals surface area contributed by atoms with Gasteiger partial charge in [0.15, 0.2) is 0 Å². The van der Waals surface area contributed by atoms with Crippen LogP contribution in [0.1, 0.15) is 25.7 Å². The van der Waals surface area contributed by atoms with Gasteiger partial charge in [0, 0.05) is 29.2 Å². The summed E-state index contributed by atoms with van der Waals surface area (Å²) in [6, 6.07) is 3.91. The fourth-order valence-corrected chi connectivity index (χ4v) is 3.59. The molecule has 4 nitrogen and oxygen atoms in total. The number of rotatable bonds is 6. The highest BCUT2D eigenvalue weighted by Crippen LogP contribution is 2.25. The molecule has 0 atom stereocenters. The van der Waals surface area contributed by atoms with Gasteiger partial charge in [-0.3, -0.25) is 9.59 Å². The molecule has 1 N–H and O–H groups in total. The molecule has 0 radical (unpaired) electrons. The highest BCUT2D eigenvalue weighted by molar-refractivity contribution is 14.1. The van der Waals surface area contributed by atoms with Crippen LogP contribution in [-0.2, 0) is 14.3 Å². The minimum absolute atomic E-state index is 0.0253. The molecule has 0 saturated heterocycles. The molecule has 0 heterocycles. The molecule has 20 heavy (non-hydrogen) atoms. The van der Waals surface area contributed by atoms with Crippen LogP contribution in [0.25, 0.3) is 0 Å². The van der Waals surface area contributed by atoms with E-state index in [4.69, 9.17) is 0 Å². The van der Waals surface area contributed by atoms with Crippen molar-refractivity contribution in [2.75, 3.05) is 12.4 Å². The number of nitrogens with one attached hydrogen (secondary N) is 1. The highest BCUT2D eigenvalue weighted by atomic mass is 127. The number of unbranched alkanes of at least 4 members (excludes halogenated alkanes) is 1. The van der Waals surface area contributed by atoms with E-state index < -0.39 is 0 Å². The maximum atomic E-state index is 11.8. The molecule has 7 heteroatoms. The molecule has 0 aliphatic carbocycles. The zero-order valence-electron chi connectivity index (χ0n) is 10.8. The van der Waals surface area contributed by atoms with E-state index in [1.165, 1.54) is 10.7 Å². The summed E-state index contributed by atoms with van der Waals surface area (Å²) in [6.45, 7) is 0. The van der Waals surface area contributed by atoms with Crippen molar-refractivity contribution in [3.05, 3.63) is 22.8 Å². The Balaban J connectivity index is 2.41. The maximum Gasteiger partial charge on any atom is 0.305 e. The Bertz CT molecular complexity index is 483. The lowest BCUT2D eigenvalue weighted by Gasteiger charge is -2.08. The number of anilines is 1. The predicted octanol–water partition coefficient (Wildman–Crippen LogP) is 4.17. The van der Waals surface area contributed by atoms with Gasteiger partial charge in [-0.2, -0.15) is 0 Å². The first-order valence-corrected chi connectivity index (χ1v) is 9.19. The van der Waals surface area contributed by atoms with Crippen LogP contribution in [0.2, 0.25) is 0 Å². The van der Waals surface area contributed by atoms with Gasteiger partial charge in [-0.1, -0.05) is 0 Å². The van der Waals surface area contributed by atoms with Crippen molar-refractivity contribution in [2.24, 2.45) is 0 Å². The van der Waals surface area contributed by atoms with Crippen LogP contribution in [0.15, 0.2) is 12.1 Å². The third-order valence-electron chi connectivity index (χ3n) is 2.53. The molecule has 1 aromatic carbocycles. The molecule has 0 spiro atoms. The Morgan fingerprint density at radius 3 is 2.20 bits per heavy atom. The lowest BCUT2D eigenvalue weighted by atomic mass is 10.2. The minimum Gasteiger partial charge on any atom is -0.469 e. The topological polar surface area (TPSA) is 55.4 Å². The molecular formula is C13H14I3NO3. The van der Waals surface area contributed by atoms with Gasteiger partial charge in [0.1, 0.15) is 0 Å². The number of carbonyl (C=O) groups excluding carboxylic acids is 2. The van der Waals surface area contributed by atoms with E-state index in [2.05, 4.69) is 77.8 Å². The van der Waals surface area contributed by atoms with Gasteiger partial charge in [0.05, 0.1) is 7.11 Å². The Kier molecular flexibility index (Phi) is 8.63. The molecule has 0 aliphatic rings. The van der Waals surface area contributed by atoms with Crippen molar-refractivity contribution in [3.63, 3.8) is 0 Å². The molecule has 0 bridgehead atoms. The third kappa shape index (κ3) is 6.41. The van der Waals surface area contributed by atoms with Crippen LogP contribution in [0, 0.1) is 10.7 Å². The number of hydrogen-bond donors (Lipinski definition) is 1. The monoisotopic (exact) mass is 613 g/mol. The average Bonchev–Trinajstić information content (AvgIpc) is 2.40. The maximum absolute atomic E-state index is 11.8.